The monoisotopic (exact) mass is 256 g/mol. The maximum absolute atomic E-state index is 11.6. The van der Waals surface area contributed by atoms with E-state index in [0.29, 0.717) is 19.5 Å². The Hall–Kier alpha value is -1.14. The van der Waals surface area contributed by atoms with Gasteiger partial charge in [-0.15, -0.1) is 0 Å². The van der Waals surface area contributed by atoms with Crippen LogP contribution in [-0.4, -0.2) is 62.0 Å². The van der Waals surface area contributed by atoms with Gasteiger partial charge in [-0.1, -0.05) is 0 Å². The highest BCUT2D eigenvalue weighted by molar-refractivity contribution is 5.80. The fourth-order valence-electron chi connectivity index (χ4n) is 1.84. The van der Waals surface area contributed by atoms with Crippen molar-refractivity contribution in [1.82, 2.24) is 20.9 Å². The molecule has 0 aromatic heterocycles. The molecule has 0 atom stereocenters. The topological polar surface area (TPSA) is 73.5 Å². The first-order chi connectivity index (χ1) is 8.58. The van der Waals surface area contributed by atoms with Gasteiger partial charge in [0.25, 0.3) is 0 Å². The van der Waals surface area contributed by atoms with Crippen molar-refractivity contribution in [3.8, 4) is 0 Å². The molecule has 1 rings (SSSR count). The van der Waals surface area contributed by atoms with E-state index in [2.05, 4.69) is 20.9 Å². The van der Waals surface area contributed by atoms with Gasteiger partial charge >= 0.3 is 0 Å². The third kappa shape index (κ3) is 6.56. The average Bonchev–Trinajstić information content (AvgIpc) is 2.29. The van der Waals surface area contributed by atoms with E-state index in [0.717, 1.165) is 26.2 Å². The van der Waals surface area contributed by atoms with Crippen LogP contribution in [0.1, 0.15) is 20.3 Å². The van der Waals surface area contributed by atoms with Crippen molar-refractivity contribution >= 4 is 11.8 Å². The summed E-state index contributed by atoms with van der Waals surface area (Å²) in [5.74, 6) is -0.0262. The lowest BCUT2D eigenvalue weighted by Crippen LogP contribution is -2.47. The Balaban J connectivity index is 2.07. The first-order valence-electron chi connectivity index (χ1n) is 6.57. The average molecular weight is 256 g/mol. The van der Waals surface area contributed by atoms with Crippen molar-refractivity contribution in [3.05, 3.63) is 0 Å². The SMILES string of the molecule is CC(C)NC(=O)CCNC(=O)CN1CCNCC1. The smallest absolute Gasteiger partial charge is 0.234 e. The Kier molecular flexibility index (Phi) is 6.67. The van der Waals surface area contributed by atoms with Gasteiger partial charge in [-0.3, -0.25) is 14.5 Å². The summed E-state index contributed by atoms with van der Waals surface area (Å²) in [4.78, 5) is 25.1. The van der Waals surface area contributed by atoms with E-state index < -0.39 is 0 Å². The highest BCUT2D eigenvalue weighted by Gasteiger charge is 2.13. The zero-order chi connectivity index (χ0) is 13.4. The minimum Gasteiger partial charge on any atom is -0.354 e. The number of hydrogen-bond acceptors (Lipinski definition) is 4. The molecule has 1 fully saturated rings. The van der Waals surface area contributed by atoms with Gasteiger partial charge in [-0.25, -0.2) is 0 Å². The first kappa shape index (κ1) is 14.9. The number of carbonyl (C=O) groups excluding carboxylic acids is 2. The van der Waals surface area contributed by atoms with Crippen LogP contribution in [0.5, 0.6) is 0 Å². The predicted molar refractivity (Wildman–Crippen MR) is 70.2 cm³/mol. The maximum atomic E-state index is 11.6. The number of rotatable bonds is 6. The molecule has 0 saturated carbocycles. The zero-order valence-electron chi connectivity index (χ0n) is 11.3. The van der Waals surface area contributed by atoms with Gasteiger partial charge in [0.05, 0.1) is 6.54 Å². The minimum absolute atomic E-state index is 0.00533. The van der Waals surface area contributed by atoms with E-state index in [1.54, 1.807) is 0 Å². The van der Waals surface area contributed by atoms with Crippen LogP contribution in [0.2, 0.25) is 0 Å². The van der Waals surface area contributed by atoms with Crippen molar-refractivity contribution in [2.75, 3.05) is 39.3 Å². The van der Waals surface area contributed by atoms with Gasteiger partial charge in [-0.05, 0) is 13.8 Å². The standard InChI is InChI=1S/C12H24N4O2/c1-10(2)15-11(17)3-4-14-12(18)9-16-7-5-13-6-8-16/h10,13H,3-9H2,1-2H3,(H,14,18)(H,15,17). The number of carbonyl (C=O) groups is 2. The molecule has 6 heteroatoms. The quantitative estimate of drug-likeness (QED) is 0.565. The second-order valence-corrected chi connectivity index (χ2v) is 4.85. The molecular formula is C12H24N4O2. The lowest BCUT2D eigenvalue weighted by Gasteiger charge is -2.26. The molecule has 0 unspecified atom stereocenters. The summed E-state index contributed by atoms with van der Waals surface area (Å²) in [7, 11) is 0. The first-order valence-corrected chi connectivity index (χ1v) is 6.57. The molecule has 0 aliphatic carbocycles. The van der Waals surface area contributed by atoms with Crippen molar-refractivity contribution < 1.29 is 9.59 Å². The minimum atomic E-state index is -0.0209. The van der Waals surface area contributed by atoms with Crippen LogP contribution in [0.15, 0.2) is 0 Å². The van der Waals surface area contributed by atoms with Crippen LogP contribution >= 0.6 is 0 Å². The molecule has 1 saturated heterocycles. The summed E-state index contributed by atoms with van der Waals surface area (Å²) >= 11 is 0. The summed E-state index contributed by atoms with van der Waals surface area (Å²) in [5, 5.41) is 8.80. The fraction of sp³-hybridized carbons (Fsp3) is 0.833. The summed E-state index contributed by atoms with van der Waals surface area (Å²) in [6.07, 6.45) is 0.339. The molecule has 0 spiro atoms. The van der Waals surface area contributed by atoms with Gasteiger partial charge < -0.3 is 16.0 Å². The largest absolute Gasteiger partial charge is 0.354 e. The Morgan fingerprint density at radius 3 is 2.50 bits per heavy atom. The molecule has 104 valence electrons. The van der Waals surface area contributed by atoms with E-state index in [1.807, 2.05) is 13.8 Å². The van der Waals surface area contributed by atoms with E-state index >= 15 is 0 Å². The van der Waals surface area contributed by atoms with E-state index in [4.69, 9.17) is 0 Å². The molecule has 0 radical (unpaired) electrons. The van der Waals surface area contributed by atoms with E-state index in [-0.39, 0.29) is 17.9 Å². The van der Waals surface area contributed by atoms with Gasteiger partial charge in [-0.2, -0.15) is 0 Å². The van der Waals surface area contributed by atoms with Crippen molar-refractivity contribution in [1.29, 1.82) is 0 Å². The summed E-state index contributed by atoms with van der Waals surface area (Å²) in [6, 6.07) is 0.147. The van der Waals surface area contributed by atoms with Crippen LogP contribution in [0.4, 0.5) is 0 Å². The van der Waals surface area contributed by atoms with Gasteiger partial charge in [0.15, 0.2) is 0 Å². The summed E-state index contributed by atoms with van der Waals surface area (Å²) in [6.45, 7) is 8.34. The molecule has 18 heavy (non-hydrogen) atoms. The number of nitrogens with one attached hydrogen (secondary N) is 3. The lowest BCUT2D eigenvalue weighted by molar-refractivity contribution is -0.123. The highest BCUT2D eigenvalue weighted by atomic mass is 16.2. The molecule has 2 amide bonds. The van der Waals surface area contributed by atoms with Gasteiger partial charge in [0.1, 0.15) is 0 Å². The molecule has 1 aliphatic heterocycles. The third-order valence-corrected chi connectivity index (χ3v) is 2.70. The van der Waals surface area contributed by atoms with Crippen LogP contribution in [-0.2, 0) is 9.59 Å². The van der Waals surface area contributed by atoms with Crippen molar-refractivity contribution in [2.45, 2.75) is 26.3 Å². The molecule has 1 aliphatic rings. The maximum Gasteiger partial charge on any atom is 0.234 e. The molecular weight excluding hydrogens is 232 g/mol. The highest BCUT2D eigenvalue weighted by Crippen LogP contribution is 1.91. The van der Waals surface area contributed by atoms with Crippen LogP contribution < -0.4 is 16.0 Å². The molecule has 6 nitrogen and oxygen atoms in total. The van der Waals surface area contributed by atoms with Crippen molar-refractivity contribution in [2.24, 2.45) is 0 Å². The van der Waals surface area contributed by atoms with E-state index in [1.165, 1.54) is 0 Å². The van der Waals surface area contributed by atoms with Crippen LogP contribution in [0, 0.1) is 0 Å². The van der Waals surface area contributed by atoms with Crippen molar-refractivity contribution in [3.63, 3.8) is 0 Å². The molecule has 0 aromatic carbocycles. The van der Waals surface area contributed by atoms with Crippen LogP contribution in [0.3, 0.4) is 0 Å². The second-order valence-electron chi connectivity index (χ2n) is 4.85. The molecule has 3 N–H and O–H groups in total. The predicted octanol–water partition coefficient (Wildman–Crippen LogP) is -1.08. The summed E-state index contributed by atoms with van der Waals surface area (Å²) in [5.41, 5.74) is 0. The molecule has 0 bridgehead atoms. The Morgan fingerprint density at radius 2 is 1.89 bits per heavy atom. The van der Waals surface area contributed by atoms with Gasteiger partial charge in [0, 0.05) is 45.2 Å². The zero-order valence-corrected chi connectivity index (χ0v) is 11.3. The Bertz CT molecular complexity index is 275. The molecule has 1 heterocycles. The van der Waals surface area contributed by atoms with Crippen LogP contribution in [0.25, 0.3) is 0 Å². The Morgan fingerprint density at radius 1 is 1.22 bits per heavy atom. The normalized spacial score (nSPS) is 16.6. The number of piperazine rings is 1. The van der Waals surface area contributed by atoms with Gasteiger partial charge in [0.2, 0.25) is 11.8 Å². The number of hydrogen-bond donors (Lipinski definition) is 3. The number of nitrogens with zero attached hydrogens (tertiary/aromatic N) is 1. The third-order valence-electron chi connectivity index (χ3n) is 2.70. The fourth-order valence-corrected chi connectivity index (χ4v) is 1.84. The summed E-state index contributed by atoms with van der Waals surface area (Å²) < 4.78 is 0. The Labute approximate surface area is 108 Å². The molecule has 0 aromatic rings. The number of amides is 2. The lowest BCUT2D eigenvalue weighted by atomic mass is 10.3. The van der Waals surface area contributed by atoms with E-state index in [9.17, 15) is 9.59 Å². The second kappa shape index (κ2) is 8.05.